The van der Waals surface area contributed by atoms with E-state index in [-0.39, 0.29) is 21.7 Å². The molecule has 1 nitrogen and oxygen atoms in total. The van der Waals surface area contributed by atoms with Crippen molar-refractivity contribution in [2.75, 3.05) is 0 Å². The first-order chi connectivity index (χ1) is 32.7. The zero-order valence-electron chi connectivity index (χ0n) is 42.6. The van der Waals surface area contributed by atoms with Crippen LogP contribution in [0.3, 0.4) is 0 Å². The molecule has 0 saturated carbocycles. The van der Waals surface area contributed by atoms with Crippen molar-refractivity contribution < 1.29 is 4.42 Å². The summed E-state index contributed by atoms with van der Waals surface area (Å²) in [5.41, 5.74) is 17.2. The fourth-order valence-corrected chi connectivity index (χ4v) is 10.9. The van der Waals surface area contributed by atoms with Crippen LogP contribution in [0.2, 0.25) is 0 Å². The summed E-state index contributed by atoms with van der Waals surface area (Å²) in [6.45, 7) is 27.9. The molecule has 0 aliphatic carbocycles. The molecule has 0 saturated heterocycles. The van der Waals surface area contributed by atoms with Crippen LogP contribution in [0.4, 0.5) is 0 Å². The van der Waals surface area contributed by atoms with Crippen LogP contribution < -0.4 is 0 Å². The van der Waals surface area contributed by atoms with Gasteiger partial charge in [-0.25, -0.2) is 0 Å². The van der Waals surface area contributed by atoms with Gasteiger partial charge in [0.15, 0.2) is 0 Å². The van der Waals surface area contributed by atoms with E-state index in [1.165, 1.54) is 104 Å². The lowest BCUT2D eigenvalue weighted by Crippen LogP contribution is -2.16. The molecule has 10 aromatic carbocycles. The Morgan fingerprint density at radius 1 is 0.232 bits per heavy atom. The van der Waals surface area contributed by atoms with Gasteiger partial charge in [-0.1, -0.05) is 229 Å². The average molecular weight is 897 g/mol. The molecule has 0 aliphatic heterocycles. The van der Waals surface area contributed by atoms with Gasteiger partial charge in [0.2, 0.25) is 0 Å². The highest BCUT2D eigenvalue weighted by Gasteiger charge is 2.26. The predicted octanol–water partition coefficient (Wildman–Crippen LogP) is 20.1. The largest absolute Gasteiger partial charge is 0.456 e. The zero-order chi connectivity index (χ0) is 48.4. The van der Waals surface area contributed by atoms with Crippen molar-refractivity contribution in [3.8, 4) is 44.5 Å². The summed E-state index contributed by atoms with van der Waals surface area (Å²) in [6, 6.07) is 64.3. The van der Waals surface area contributed by atoms with Gasteiger partial charge in [0.1, 0.15) is 11.2 Å². The first-order valence-corrected chi connectivity index (χ1v) is 24.9. The molecule has 11 aromatic rings. The van der Waals surface area contributed by atoms with E-state index >= 15 is 0 Å². The highest BCUT2D eigenvalue weighted by molar-refractivity contribution is 6.24. The van der Waals surface area contributed by atoms with Gasteiger partial charge in [-0.2, -0.15) is 0 Å². The molecule has 0 fully saturated rings. The van der Waals surface area contributed by atoms with Crippen LogP contribution in [0, 0.1) is 0 Å². The van der Waals surface area contributed by atoms with E-state index in [1.54, 1.807) is 0 Å². The third kappa shape index (κ3) is 7.63. The number of benzene rings is 10. The predicted molar refractivity (Wildman–Crippen MR) is 300 cm³/mol. The van der Waals surface area contributed by atoms with Gasteiger partial charge in [-0.05, 0) is 156 Å². The molecule has 11 rings (SSSR count). The third-order valence-electron chi connectivity index (χ3n) is 14.8. The van der Waals surface area contributed by atoms with Crippen molar-refractivity contribution in [2.45, 2.75) is 105 Å². The molecule has 1 heterocycles. The van der Waals surface area contributed by atoms with Gasteiger partial charge in [0.25, 0.3) is 0 Å². The standard InChI is InChI=1S/C68H64O/c1-65(2,3)45-33-43(34-46(39-45)66(4,5)6)63-54-25-17-13-21-50(54)61(51-22-14-18-26-55(51)63)41-30-32-59-58(37-41)49-31-29-42(38-60(49)69-59)62-52-23-15-19-27-56(52)64(57-28-20-16-24-53(57)62)44-35-47(67(7,8)9)40-48(36-44)68(10,11)12/h13-40H,1-12H3. The maximum Gasteiger partial charge on any atom is 0.136 e. The van der Waals surface area contributed by atoms with Gasteiger partial charge >= 0.3 is 0 Å². The maximum absolute atomic E-state index is 6.84. The van der Waals surface area contributed by atoms with Gasteiger partial charge in [0.05, 0.1) is 0 Å². The lowest BCUT2D eigenvalue weighted by Gasteiger charge is -2.27. The Kier molecular flexibility index (Phi) is 10.2. The van der Waals surface area contributed by atoms with Crippen molar-refractivity contribution >= 4 is 65.0 Å². The van der Waals surface area contributed by atoms with Gasteiger partial charge in [-0.15, -0.1) is 0 Å². The Labute approximate surface area is 408 Å². The summed E-state index contributed by atoms with van der Waals surface area (Å²) in [7, 11) is 0. The molecule has 342 valence electrons. The molecule has 69 heavy (non-hydrogen) atoms. The lowest BCUT2D eigenvalue weighted by atomic mass is 9.77. The number of hydrogen-bond acceptors (Lipinski definition) is 1. The van der Waals surface area contributed by atoms with Gasteiger partial charge in [0, 0.05) is 10.8 Å². The van der Waals surface area contributed by atoms with Crippen LogP contribution in [-0.2, 0) is 21.7 Å². The van der Waals surface area contributed by atoms with Gasteiger partial charge < -0.3 is 4.42 Å². The molecule has 0 spiro atoms. The van der Waals surface area contributed by atoms with E-state index in [1.807, 2.05) is 0 Å². The SMILES string of the molecule is CC(C)(C)c1cc(-c2c3ccccc3c(-c3ccc4c(c3)oc3ccc(-c5c6ccccc6c(-c6cc(C(C)(C)C)cc(C(C)(C)C)c6)c6ccccc56)cc34)c3ccccc23)cc(C(C)(C)C)c1. The second kappa shape index (κ2) is 15.8. The second-order valence-electron chi connectivity index (χ2n) is 23.8. The Balaban J connectivity index is 1.09. The summed E-state index contributed by atoms with van der Waals surface area (Å²) < 4.78 is 6.84. The summed E-state index contributed by atoms with van der Waals surface area (Å²) in [5.74, 6) is 0. The van der Waals surface area contributed by atoms with Crippen LogP contribution in [0.25, 0.3) is 110 Å². The van der Waals surface area contributed by atoms with E-state index in [4.69, 9.17) is 4.42 Å². The van der Waals surface area contributed by atoms with E-state index in [0.29, 0.717) is 0 Å². The zero-order valence-corrected chi connectivity index (χ0v) is 42.6. The topological polar surface area (TPSA) is 13.1 Å². The third-order valence-corrected chi connectivity index (χ3v) is 14.8. The lowest BCUT2D eigenvalue weighted by molar-refractivity contribution is 0.568. The summed E-state index contributed by atoms with van der Waals surface area (Å²) in [6.07, 6.45) is 0. The molecule has 1 heteroatoms. The van der Waals surface area contributed by atoms with Crippen LogP contribution in [-0.4, -0.2) is 0 Å². The monoisotopic (exact) mass is 896 g/mol. The van der Waals surface area contributed by atoms with Crippen LogP contribution in [0.15, 0.2) is 174 Å². The second-order valence-corrected chi connectivity index (χ2v) is 23.8. The van der Waals surface area contributed by atoms with E-state index in [0.717, 1.165) is 27.5 Å². The molecular weight excluding hydrogens is 833 g/mol. The van der Waals surface area contributed by atoms with Crippen molar-refractivity contribution in [2.24, 2.45) is 0 Å². The van der Waals surface area contributed by atoms with Crippen LogP contribution >= 0.6 is 0 Å². The molecule has 0 aliphatic rings. The van der Waals surface area contributed by atoms with Crippen LogP contribution in [0.1, 0.15) is 105 Å². The Hall–Kier alpha value is -6.96. The first-order valence-electron chi connectivity index (χ1n) is 24.9. The normalized spacial score (nSPS) is 12.9. The minimum Gasteiger partial charge on any atom is -0.456 e. The maximum atomic E-state index is 6.84. The first kappa shape index (κ1) is 44.5. The van der Waals surface area contributed by atoms with E-state index in [2.05, 4.69) is 253 Å². The van der Waals surface area contributed by atoms with Crippen LogP contribution in [0.5, 0.6) is 0 Å². The van der Waals surface area contributed by atoms with Gasteiger partial charge in [-0.3, -0.25) is 0 Å². The fraction of sp³-hybridized carbons (Fsp3) is 0.235. The molecular formula is C68H64O. The highest BCUT2D eigenvalue weighted by Crippen LogP contribution is 2.49. The average Bonchev–Trinajstić information content (AvgIpc) is 3.68. The quantitative estimate of drug-likeness (QED) is 0.160. The summed E-state index contributed by atoms with van der Waals surface area (Å²) in [4.78, 5) is 0. The minimum absolute atomic E-state index is 0.00635. The molecule has 0 N–H and O–H groups in total. The highest BCUT2D eigenvalue weighted by atomic mass is 16.3. The Morgan fingerprint density at radius 3 is 0.841 bits per heavy atom. The summed E-state index contributed by atoms with van der Waals surface area (Å²) >= 11 is 0. The van der Waals surface area contributed by atoms with Crippen molar-refractivity contribution in [3.05, 3.63) is 192 Å². The Morgan fingerprint density at radius 2 is 0.522 bits per heavy atom. The molecule has 1 aromatic heterocycles. The number of rotatable bonds is 4. The number of fused-ring (bicyclic) bond motifs is 7. The van der Waals surface area contributed by atoms with E-state index in [9.17, 15) is 0 Å². The van der Waals surface area contributed by atoms with Crippen molar-refractivity contribution in [3.63, 3.8) is 0 Å². The summed E-state index contributed by atoms with van der Waals surface area (Å²) in [5, 5.41) is 12.3. The molecule has 0 amide bonds. The molecule has 0 radical (unpaired) electrons. The van der Waals surface area contributed by atoms with E-state index < -0.39 is 0 Å². The Bertz CT molecular complexity index is 3680. The number of hydrogen-bond donors (Lipinski definition) is 0. The smallest absolute Gasteiger partial charge is 0.136 e. The molecule has 0 unspecified atom stereocenters. The molecule has 0 atom stereocenters. The number of furan rings is 1. The fourth-order valence-electron chi connectivity index (χ4n) is 10.9. The molecule has 0 bridgehead atoms. The van der Waals surface area contributed by atoms with Crippen molar-refractivity contribution in [1.29, 1.82) is 0 Å². The van der Waals surface area contributed by atoms with Crippen molar-refractivity contribution in [1.82, 2.24) is 0 Å². The minimum atomic E-state index is 0.00635.